The Bertz CT molecular complexity index is 1260. The molecular formula is C25H27BrN4O3. The van der Waals surface area contributed by atoms with E-state index >= 15 is 0 Å². The molecule has 1 amide bonds. The summed E-state index contributed by atoms with van der Waals surface area (Å²) in [6.07, 6.45) is 2.51. The third kappa shape index (κ3) is 4.20. The number of rotatable bonds is 6. The Morgan fingerprint density at radius 3 is 2.52 bits per heavy atom. The number of hydrogen-bond donors (Lipinski definition) is 1. The second-order valence-corrected chi connectivity index (χ2v) is 9.55. The quantitative estimate of drug-likeness (QED) is 0.307. The van der Waals surface area contributed by atoms with E-state index in [-0.39, 0.29) is 11.3 Å². The van der Waals surface area contributed by atoms with Crippen LogP contribution >= 0.6 is 15.9 Å². The van der Waals surface area contributed by atoms with Gasteiger partial charge in [-0.25, -0.2) is 4.98 Å². The number of halogens is 1. The maximum absolute atomic E-state index is 13.3. The number of likely N-dealkylation sites (tertiary alicyclic amines) is 1. The predicted molar refractivity (Wildman–Crippen MR) is 131 cm³/mol. The molecule has 8 heteroatoms. The first kappa shape index (κ1) is 23.2. The van der Waals surface area contributed by atoms with E-state index in [2.05, 4.69) is 20.9 Å². The number of benzene rings is 1. The van der Waals surface area contributed by atoms with Crippen molar-refractivity contribution < 1.29 is 14.7 Å². The molecule has 1 saturated heterocycles. The Morgan fingerprint density at radius 1 is 1.15 bits per heavy atom. The molecule has 7 nitrogen and oxygen atoms in total. The highest BCUT2D eigenvalue weighted by Crippen LogP contribution is 2.40. The summed E-state index contributed by atoms with van der Waals surface area (Å²) in [4.78, 5) is 34.6. The Labute approximate surface area is 201 Å². The number of aliphatic hydroxyl groups is 1. The number of hydrogen-bond acceptors (Lipinski definition) is 5. The summed E-state index contributed by atoms with van der Waals surface area (Å²) in [5.41, 5.74) is 3.55. The molecule has 33 heavy (non-hydrogen) atoms. The van der Waals surface area contributed by atoms with Crippen LogP contribution in [0, 0.1) is 13.8 Å². The molecule has 0 spiro atoms. The molecule has 0 bridgehead atoms. The van der Waals surface area contributed by atoms with Crippen molar-refractivity contribution in [2.75, 3.05) is 27.2 Å². The zero-order chi connectivity index (χ0) is 23.9. The summed E-state index contributed by atoms with van der Waals surface area (Å²) in [6, 6.07) is 10.6. The van der Waals surface area contributed by atoms with Crippen LogP contribution in [0.1, 0.15) is 35.0 Å². The molecule has 0 radical (unpaired) electrons. The molecule has 172 valence electrons. The van der Waals surface area contributed by atoms with Gasteiger partial charge < -0.3 is 14.9 Å². The molecule has 1 N–H and O–H groups in total. The minimum absolute atomic E-state index is 0.0959. The summed E-state index contributed by atoms with van der Waals surface area (Å²) in [5, 5.41) is 11.5. The number of Topliss-reactive ketones (excluding diaryl/α,β-unsaturated/α-hetero) is 1. The van der Waals surface area contributed by atoms with Gasteiger partial charge in [-0.2, -0.15) is 0 Å². The van der Waals surface area contributed by atoms with Gasteiger partial charge in [0.1, 0.15) is 11.3 Å². The first-order valence-electron chi connectivity index (χ1n) is 10.8. The molecular weight excluding hydrogens is 484 g/mol. The lowest BCUT2D eigenvalue weighted by molar-refractivity contribution is -0.139. The number of carbonyl (C=O) groups excluding carboxylic acids is 2. The maximum atomic E-state index is 13.3. The van der Waals surface area contributed by atoms with Crippen molar-refractivity contribution in [2.24, 2.45) is 0 Å². The van der Waals surface area contributed by atoms with Gasteiger partial charge in [-0.15, -0.1) is 0 Å². The summed E-state index contributed by atoms with van der Waals surface area (Å²) in [5.74, 6) is -1.47. The van der Waals surface area contributed by atoms with E-state index in [0.717, 1.165) is 22.1 Å². The number of ketones is 1. The number of fused-ring (bicyclic) bond motifs is 1. The molecule has 3 aromatic rings. The maximum Gasteiger partial charge on any atom is 0.295 e. The first-order chi connectivity index (χ1) is 15.7. The van der Waals surface area contributed by atoms with E-state index in [1.807, 2.05) is 62.3 Å². The number of aryl methyl sites for hydroxylation is 2. The average molecular weight is 511 g/mol. The topological polar surface area (TPSA) is 78.1 Å². The zero-order valence-electron chi connectivity index (χ0n) is 19.2. The van der Waals surface area contributed by atoms with E-state index in [4.69, 9.17) is 0 Å². The van der Waals surface area contributed by atoms with Crippen LogP contribution in [0.2, 0.25) is 0 Å². The Morgan fingerprint density at radius 2 is 1.85 bits per heavy atom. The highest BCUT2D eigenvalue weighted by molar-refractivity contribution is 9.10. The molecule has 0 aliphatic carbocycles. The summed E-state index contributed by atoms with van der Waals surface area (Å²) < 4.78 is 2.67. The number of amides is 1. The van der Waals surface area contributed by atoms with E-state index in [1.165, 1.54) is 0 Å². The molecule has 1 aliphatic rings. The highest BCUT2D eigenvalue weighted by atomic mass is 79.9. The summed E-state index contributed by atoms with van der Waals surface area (Å²) in [7, 11) is 3.94. The van der Waals surface area contributed by atoms with E-state index < -0.39 is 17.7 Å². The van der Waals surface area contributed by atoms with Crippen molar-refractivity contribution >= 4 is 39.0 Å². The normalized spacial score (nSPS) is 18.1. The summed E-state index contributed by atoms with van der Waals surface area (Å²) in [6.45, 7) is 4.92. The van der Waals surface area contributed by atoms with Crippen LogP contribution in [-0.4, -0.2) is 63.2 Å². The largest absolute Gasteiger partial charge is 0.505 e. The van der Waals surface area contributed by atoms with Crippen LogP contribution in [0.3, 0.4) is 0 Å². The second kappa shape index (κ2) is 9.11. The van der Waals surface area contributed by atoms with Crippen LogP contribution in [0.15, 0.2) is 52.6 Å². The molecule has 0 unspecified atom stereocenters. The van der Waals surface area contributed by atoms with Crippen LogP contribution in [-0.2, 0) is 9.59 Å². The molecule has 0 saturated carbocycles. The standard InChI is InChI=1S/C25H27BrN4O3/c1-15-7-5-13-29-20(16(2)27-24(15)29)22(31)19-21(17-8-10-18(26)11-9-17)30(25(33)23(19)32)14-6-12-28(3)4/h5,7-11,13,21,31H,6,12,14H2,1-4H3/t21-/m0/s1. The van der Waals surface area contributed by atoms with E-state index in [0.29, 0.717) is 30.0 Å². The molecule has 1 aliphatic heterocycles. The number of aromatic nitrogens is 2. The third-order valence-electron chi connectivity index (χ3n) is 5.97. The molecule has 3 heterocycles. The lowest BCUT2D eigenvalue weighted by Gasteiger charge is -2.26. The lowest BCUT2D eigenvalue weighted by Crippen LogP contribution is -2.32. The fraction of sp³-hybridized carbons (Fsp3) is 0.320. The van der Waals surface area contributed by atoms with Gasteiger partial charge in [-0.05, 0) is 70.2 Å². The van der Waals surface area contributed by atoms with Crippen molar-refractivity contribution in [1.82, 2.24) is 19.2 Å². The monoisotopic (exact) mass is 510 g/mol. The van der Waals surface area contributed by atoms with Gasteiger partial charge in [0, 0.05) is 17.2 Å². The fourth-order valence-electron chi connectivity index (χ4n) is 4.39. The molecule has 1 fully saturated rings. The molecule has 4 rings (SSSR count). The van der Waals surface area contributed by atoms with Gasteiger partial charge in [0.2, 0.25) is 0 Å². The van der Waals surface area contributed by atoms with Gasteiger partial charge in [0.05, 0.1) is 17.3 Å². The SMILES string of the molecule is Cc1nc2c(C)cccn2c1C(O)=C1C(=O)C(=O)N(CCCN(C)C)[C@H]1c1ccc(Br)cc1. The van der Waals surface area contributed by atoms with E-state index in [9.17, 15) is 14.7 Å². The second-order valence-electron chi connectivity index (χ2n) is 8.63. The van der Waals surface area contributed by atoms with Gasteiger partial charge >= 0.3 is 0 Å². The Kier molecular flexibility index (Phi) is 6.41. The van der Waals surface area contributed by atoms with Crippen molar-refractivity contribution in [2.45, 2.75) is 26.3 Å². The average Bonchev–Trinajstić information content (AvgIpc) is 3.23. The minimum Gasteiger partial charge on any atom is -0.505 e. The third-order valence-corrected chi connectivity index (χ3v) is 6.50. The molecule has 2 aromatic heterocycles. The number of pyridine rings is 1. The number of carbonyl (C=O) groups is 2. The van der Waals surface area contributed by atoms with Crippen molar-refractivity contribution in [3.63, 3.8) is 0 Å². The number of imidazole rings is 1. The van der Waals surface area contributed by atoms with Crippen LogP contribution < -0.4 is 0 Å². The van der Waals surface area contributed by atoms with Gasteiger partial charge in [-0.3, -0.25) is 14.0 Å². The van der Waals surface area contributed by atoms with Gasteiger partial charge in [0.15, 0.2) is 5.76 Å². The summed E-state index contributed by atoms with van der Waals surface area (Å²) >= 11 is 3.44. The van der Waals surface area contributed by atoms with Crippen molar-refractivity contribution in [3.8, 4) is 0 Å². The first-order valence-corrected chi connectivity index (χ1v) is 11.6. The molecule has 1 atom stereocenters. The minimum atomic E-state index is -0.674. The van der Waals surface area contributed by atoms with Crippen molar-refractivity contribution in [1.29, 1.82) is 0 Å². The van der Waals surface area contributed by atoms with E-state index in [1.54, 1.807) is 22.4 Å². The van der Waals surface area contributed by atoms with Crippen LogP contribution in [0.4, 0.5) is 0 Å². The smallest absolute Gasteiger partial charge is 0.295 e. The Balaban J connectivity index is 1.89. The van der Waals surface area contributed by atoms with Gasteiger partial charge in [0.25, 0.3) is 11.7 Å². The number of aliphatic hydroxyl groups excluding tert-OH is 1. The lowest BCUT2D eigenvalue weighted by atomic mass is 9.96. The number of nitrogens with zero attached hydrogens (tertiary/aromatic N) is 4. The zero-order valence-corrected chi connectivity index (χ0v) is 20.8. The van der Waals surface area contributed by atoms with Crippen LogP contribution in [0.25, 0.3) is 11.4 Å². The highest BCUT2D eigenvalue weighted by Gasteiger charge is 2.46. The Hall–Kier alpha value is -2.97. The van der Waals surface area contributed by atoms with Crippen molar-refractivity contribution in [3.05, 3.63) is 75.2 Å². The predicted octanol–water partition coefficient (Wildman–Crippen LogP) is 4.09. The van der Waals surface area contributed by atoms with Crippen LogP contribution in [0.5, 0.6) is 0 Å². The van der Waals surface area contributed by atoms with Gasteiger partial charge in [-0.1, -0.05) is 34.1 Å². The fourth-order valence-corrected chi connectivity index (χ4v) is 4.65. The molecule has 1 aromatic carbocycles.